The Labute approximate surface area is 175 Å². The Kier molecular flexibility index (Phi) is 10.6. The van der Waals surface area contributed by atoms with Gasteiger partial charge in [-0.3, -0.25) is 9.79 Å². The van der Waals surface area contributed by atoms with Crippen molar-refractivity contribution in [1.29, 1.82) is 0 Å². The molecule has 1 amide bonds. The molecular weight excluding hydrogens is 439 g/mol. The number of amides is 1. The van der Waals surface area contributed by atoms with Crippen molar-refractivity contribution in [3.05, 3.63) is 35.9 Å². The van der Waals surface area contributed by atoms with Gasteiger partial charge in [-0.2, -0.15) is 0 Å². The van der Waals surface area contributed by atoms with E-state index in [2.05, 4.69) is 54.8 Å². The van der Waals surface area contributed by atoms with E-state index in [9.17, 15) is 4.79 Å². The number of halogens is 1. The summed E-state index contributed by atoms with van der Waals surface area (Å²) < 4.78 is 0. The molecule has 1 aliphatic heterocycles. The number of hydrogen-bond donors (Lipinski definition) is 2. The summed E-state index contributed by atoms with van der Waals surface area (Å²) in [5.74, 6) is 1.60. The molecule has 2 N–H and O–H groups in total. The molecule has 0 spiro atoms. The first kappa shape index (κ1) is 22.7. The maximum atomic E-state index is 11.8. The summed E-state index contributed by atoms with van der Waals surface area (Å²) in [6.45, 7) is 9.48. The Bertz CT molecular complexity index is 564. The van der Waals surface area contributed by atoms with Crippen LogP contribution < -0.4 is 10.6 Å². The number of carbonyl (C=O) groups is 1. The van der Waals surface area contributed by atoms with Gasteiger partial charge in [0.25, 0.3) is 0 Å². The molecule has 1 aromatic carbocycles. The predicted molar refractivity (Wildman–Crippen MR) is 119 cm³/mol. The number of rotatable bonds is 7. The van der Waals surface area contributed by atoms with Gasteiger partial charge in [0.15, 0.2) is 5.96 Å². The van der Waals surface area contributed by atoms with Gasteiger partial charge < -0.3 is 15.5 Å². The molecule has 5 nitrogen and oxygen atoms in total. The highest BCUT2D eigenvalue weighted by molar-refractivity contribution is 14.0. The van der Waals surface area contributed by atoms with Crippen LogP contribution in [0.15, 0.2) is 35.3 Å². The molecule has 0 aliphatic carbocycles. The monoisotopic (exact) mass is 472 g/mol. The quantitative estimate of drug-likeness (QED) is 0.364. The zero-order valence-electron chi connectivity index (χ0n) is 16.2. The number of likely N-dealkylation sites (tertiary alicyclic amines) is 1. The molecule has 1 fully saturated rings. The van der Waals surface area contributed by atoms with Gasteiger partial charge in [-0.15, -0.1) is 24.0 Å². The van der Waals surface area contributed by atoms with Crippen molar-refractivity contribution < 1.29 is 4.79 Å². The van der Waals surface area contributed by atoms with Crippen molar-refractivity contribution in [2.45, 2.75) is 52.0 Å². The van der Waals surface area contributed by atoms with E-state index in [0.29, 0.717) is 18.4 Å². The highest BCUT2D eigenvalue weighted by atomic mass is 127. The fraction of sp³-hybridized carbons (Fsp3) is 0.600. The molecule has 0 aromatic heterocycles. The molecule has 6 heteroatoms. The Hall–Kier alpha value is -1.31. The highest BCUT2D eigenvalue weighted by Gasteiger charge is 2.25. The van der Waals surface area contributed by atoms with Gasteiger partial charge in [-0.1, -0.05) is 44.2 Å². The van der Waals surface area contributed by atoms with Crippen molar-refractivity contribution in [3.8, 4) is 0 Å². The Morgan fingerprint density at radius 1 is 1.31 bits per heavy atom. The standard InChI is InChI=1S/C20H32N4O.HI/c1-4-19(25)24-14-12-18(15-24)23-20(21-5-2)22-13-11-16(3)17-9-7-6-8-10-17;/h6-10,16,18H,4-5,11-15H2,1-3H3,(H2,21,22,23);1H. The van der Waals surface area contributed by atoms with E-state index >= 15 is 0 Å². The predicted octanol–water partition coefficient (Wildman–Crippen LogP) is 3.36. The van der Waals surface area contributed by atoms with E-state index in [1.165, 1.54) is 5.56 Å². The molecule has 2 atom stereocenters. The molecule has 1 aliphatic rings. The second-order valence-electron chi connectivity index (χ2n) is 6.68. The lowest BCUT2D eigenvalue weighted by Crippen LogP contribution is -2.45. The number of carbonyl (C=O) groups excluding carboxylic acids is 1. The second-order valence-corrected chi connectivity index (χ2v) is 6.68. The molecule has 2 unspecified atom stereocenters. The van der Waals surface area contributed by atoms with Gasteiger partial charge in [0.1, 0.15) is 0 Å². The van der Waals surface area contributed by atoms with Gasteiger partial charge >= 0.3 is 0 Å². The number of nitrogens with one attached hydrogen (secondary N) is 2. The van der Waals surface area contributed by atoms with Crippen LogP contribution in [0, 0.1) is 0 Å². The molecule has 0 saturated carbocycles. The van der Waals surface area contributed by atoms with Gasteiger partial charge in [0.2, 0.25) is 5.91 Å². The topological polar surface area (TPSA) is 56.7 Å². The third kappa shape index (κ3) is 7.13. The average Bonchev–Trinajstić information content (AvgIpc) is 3.10. The summed E-state index contributed by atoms with van der Waals surface area (Å²) in [4.78, 5) is 18.5. The first-order valence-corrected chi connectivity index (χ1v) is 9.51. The normalized spacial score (nSPS) is 18.2. The first-order valence-electron chi connectivity index (χ1n) is 9.51. The van der Waals surface area contributed by atoms with Crippen LogP contribution >= 0.6 is 24.0 Å². The van der Waals surface area contributed by atoms with Crippen molar-refractivity contribution in [1.82, 2.24) is 15.5 Å². The average molecular weight is 472 g/mol. The summed E-state index contributed by atoms with van der Waals surface area (Å²) in [5.41, 5.74) is 1.36. The van der Waals surface area contributed by atoms with Crippen molar-refractivity contribution in [2.24, 2.45) is 4.99 Å². The van der Waals surface area contributed by atoms with Crippen LogP contribution in [0.3, 0.4) is 0 Å². The van der Waals surface area contributed by atoms with E-state index < -0.39 is 0 Å². The van der Waals surface area contributed by atoms with Crippen LogP contribution in [-0.4, -0.2) is 49.0 Å². The van der Waals surface area contributed by atoms with Crippen LogP contribution in [0.5, 0.6) is 0 Å². The lowest BCUT2D eigenvalue weighted by Gasteiger charge is -2.19. The van der Waals surface area contributed by atoms with Crippen molar-refractivity contribution in [3.63, 3.8) is 0 Å². The molecule has 26 heavy (non-hydrogen) atoms. The van der Waals surface area contributed by atoms with Crippen molar-refractivity contribution >= 4 is 35.8 Å². The zero-order chi connectivity index (χ0) is 18.1. The molecule has 0 bridgehead atoms. The Morgan fingerprint density at radius 3 is 2.69 bits per heavy atom. The lowest BCUT2D eigenvalue weighted by molar-refractivity contribution is -0.129. The highest BCUT2D eigenvalue weighted by Crippen LogP contribution is 2.18. The van der Waals surface area contributed by atoms with E-state index in [-0.39, 0.29) is 29.9 Å². The maximum Gasteiger partial charge on any atom is 0.222 e. The van der Waals surface area contributed by atoms with E-state index in [1.807, 2.05) is 11.8 Å². The zero-order valence-corrected chi connectivity index (χ0v) is 18.5. The summed E-state index contributed by atoms with van der Waals surface area (Å²) in [6.07, 6.45) is 2.58. The number of benzene rings is 1. The maximum absolute atomic E-state index is 11.8. The SMILES string of the molecule is CCNC(=NCCC(C)c1ccccc1)NC1CCN(C(=O)CC)C1.I. The number of hydrogen-bond acceptors (Lipinski definition) is 2. The van der Waals surface area contributed by atoms with Crippen LogP contribution in [0.1, 0.15) is 51.5 Å². The fourth-order valence-electron chi connectivity index (χ4n) is 3.16. The van der Waals surface area contributed by atoms with E-state index in [0.717, 1.165) is 45.0 Å². The van der Waals surface area contributed by atoms with Gasteiger partial charge in [-0.25, -0.2) is 0 Å². The molecular formula is C20H33IN4O. The minimum atomic E-state index is 0. The third-order valence-corrected chi connectivity index (χ3v) is 4.73. The second kappa shape index (κ2) is 12.1. The number of guanidine groups is 1. The Morgan fingerprint density at radius 2 is 2.04 bits per heavy atom. The van der Waals surface area contributed by atoms with Crippen molar-refractivity contribution in [2.75, 3.05) is 26.2 Å². The van der Waals surface area contributed by atoms with Gasteiger partial charge in [-0.05, 0) is 31.2 Å². The van der Waals surface area contributed by atoms with Crippen LogP contribution in [0.25, 0.3) is 0 Å². The summed E-state index contributed by atoms with van der Waals surface area (Å²) in [6, 6.07) is 10.9. The minimum Gasteiger partial charge on any atom is -0.357 e. The van der Waals surface area contributed by atoms with Crippen LogP contribution in [0.4, 0.5) is 0 Å². The van der Waals surface area contributed by atoms with Gasteiger partial charge in [0.05, 0.1) is 0 Å². The fourth-order valence-corrected chi connectivity index (χ4v) is 3.16. The lowest BCUT2D eigenvalue weighted by atomic mass is 9.98. The molecule has 146 valence electrons. The third-order valence-electron chi connectivity index (χ3n) is 4.73. The van der Waals surface area contributed by atoms with E-state index in [4.69, 9.17) is 4.99 Å². The molecule has 1 saturated heterocycles. The number of aliphatic imine (C=N–C) groups is 1. The minimum absolute atomic E-state index is 0. The molecule has 1 aromatic rings. The molecule has 0 radical (unpaired) electrons. The summed E-state index contributed by atoms with van der Waals surface area (Å²) in [5, 5.41) is 6.80. The van der Waals surface area contributed by atoms with Gasteiger partial charge in [0, 0.05) is 38.6 Å². The molecule has 2 rings (SSSR count). The Balaban J connectivity index is 0.00000338. The number of nitrogens with zero attached hydrogens (tertiary/aromatic N) is 2. The first-order chi connectivity index (χ1) is 12.1. The van der Waals surface area contributed by atoms with Crippen LogP contribution in [-0.2, 0) is 4.79 Å². The smallest absolute Gasteiger partial charge is 0.222 e. The molecule has 1 heterocycles. The van der Waals surface area contributed by atoms with E-state index in [1.54, 1.807) is 0 Å². The summed E-state index contributed by atoms with van der Waals surface area (Å²) >= 11 is 0. The largest absolute Gasteiger partial charge is 0.357 e. The summed E-state index contributed by atoms with van der Waals surface area (Å²) in [7, 11) is 0. The van der Waals surface area contributed by atoms with Crippen LogP contribution in [0.2, 0.25) is 0 Å².